The lowest BCUT2D eigenvalue weighted by Gasteiger charge is -2.08. The van der Waals surface area contributed by atoms with Crippen molar-refractivity contribution in [3.8, 4) is 21.9 Å². The zero-order valence-electron chi connectivity index (χ0n) is 10.5. The van der Waals surface area contributed by atoms with E-state index in [0.29, 0.717) is 11.5 Å². The molecule has 0 aliphatic heterocycles. The lowest BCUT2D eigenvalue weighted by Crippen LogP contribution is -1.96. The van der Waals surface area contributed by atoms with Gasteiger partial charge in [-0.1, -0.05) is 0 Å². The first kappa shape index (κ1) is 13.2. The van der Waals surface area contributed by atoms with E-state index in [1.54, 1.807) is 32.4 Å². The van der Waals surface area contributed by atoms with E-state index >= 15 is 0 Å². The molecule has 0 spiro atoms. The highest BCUT2D eigenvalue weighted by Crippen LogP contribution is 2.37. The summed E-state index contributed by atoms with van der Waals surface area (Å²) in [6.45, 7) is 0. The van der Waals surface area contributed by atoms with E-state index in [1.165, 1.54) is 0 Å². The third-order valence-corrected chi connectivity index (χ3v) is 3.81. The lowest BCUT2D eigenvalue weighted by atomic mass is 10.1. The molecular formula is C13H13NO4S. The van der Waals surface area contributed by atoms with Crippen molar-refractivity contribution < 1.29 is 19.4 Å². The number of thiophene rings is 1. The molecule has 2 rings (SSSR count). The predicted octanol–water partition coefficient (Wildman–Crippen LogP) is 2.71. The second-order valence-electron chi connectivity index (χ2n) is 3.77. The summed E-state index contributed by atoms with van der Waals surface area (Å²) in [6, 6.07) is 7.04. The van der Waals surface area contributed by atoms with Crippen LogP contribution in [0.15, 0.2) is 24.3 Å². The van der Waals surface area contributed by atoms with Crippen LogP contribution in [0.25, 0.3) is 10.4 Å². The Hall–Kier alpha value is -2.21. The molecule has 0 atom stereocenters. The number of carboxylic acid groups (broad SMARTS) is 1. The fourth-order valence-corrected chi connectivity index (χ4v) is 2.62. The number of hydrogen-bond acceptors (Lipinski definition) is 5. The van der Waals surface area contributed by atoms with Crippen molar-refractivity contribution in [3.05, 3.63) is 29.1 Å². The van der Waals surface area contributed by atoms with Gasteiger partial charge in [0.1, 0.15) is 4.88 Å². The summed E-state index contributed by atoms with van der Waals surface area (Å²) >= 11 is 1.13. The Morgan fingerprint density at radius 1 is 1.21 bits per heavy atom. The molecule has 19 heavy (non-hydrogen) atoms. The van der Waals surface area contributed by atoms with Crippen molar-refractivity contribution in [2.45, 2.75) is 0 Å². The van der Waals surface area contributed by atoms with E-state index < -0.39 is 5.97 Å². The van der Waals surface area contributed by atoms with Gasteiger partial charge in [-0.05, 0) is 29.8 Å². The summed E-state index contributed by atoms with van der Waals surface area (Å²) < 4.78 is 10.4. The van der Waals surface area contributed by atoms with Gasteiger partial charge in [-0.25, -0.2) is 4.79 Å². The van der Waals surface area contributed by atoms with Crippen LogP contribution < -0.4 is 15.2 Å². The molecule has 0 bridgehead atoms. The molecule has 5 nitrogen and oxygen atoms in total. The van der Waals surface area contributed by atoms with Gasteiger partial charge in [0.05, 0.1) is 19.9 Å². The maximum atomic E-state index is 11.0. The Morgan fingerprint density at radius 3 is 2.42 bits per heavy atom. The van der Waals surface area contributed by atoms with E-state index in [4.69, 9.17) is 20.3 Å². The fourth-order valence-electron chi connectivity index (χ4n) is 1.70. The molecule has 0 saturated heterocycles. The van der Waals surface area contributed by atoms with Crippen molar-refractivity contribution in [1.82, 2.24) is 0 Å². The highest BCUT2D eigenvalue weighted by molar-refractivity contribution is 7.17. The molecule has 0 amide bonds. The summed E-state index contributed by atoms with van der Waals surface area (Å²) in [5.74, 6) is 0.187. The largest absolute Gasteiger partial charge is 0.493 e. The minimum absolute atomic E-state index is 0.143. The van der Waals surface area contributed by atoms with E-state index in [-0.39, 0.29) is 10.6 Å². The van der Waals surface area contributed by atoms with Crippen LogP contribution in [0, 0.1) is 0 Å². The molecule has 0 aliphatic carbocycles. The van der Waals surface area contributed by atoms with Crippen molar-refractivity contribution in [2.24, 2.45) is 0 Å². The average molecular weight is 279 g/mol. The van der Waals surface area contributed by atoms with Gasteiger partial charge in [0.15, 0.2) is 11.5 Å². The monoisotopic (exact) mass is 279 g/mol. The van der Waals surface area contributed by atoms with Gasteiger partial charge in [0.2, 0.25) is 0 Å². The molecule has 0 aliphatic rings. The van der Waals surface area contributed by atoms with E-state index in [0.717, 1.165) is 21.8 Å². The molecule has 0 radical (unpaired) electrons. The average Bonchev–Trinajstić information content (AvgIpc) is 2.80. The molecule has 100 valence electrons. The topological polar surface area (TPSA) is 81.8 Å². The number of ether oxygens (including phenoxy) is 2. The van der Waals surface area contributed by atoms with Crippen LogP contribution in [0.5, 0.6) is 11.5 Å². The fraction of sp³-hybridized carbons (Fsp3) is 0.154. The van der Waals surface area contributed by atoms with Crippen LogP contribution in [0.1, 0.15) is 9.67 Å². The van der Waals surface area contributed by atoms with E-state index in [9.17, 15) is 4.79 Å². The van der Waals surface area contributed by atoms with Gasteiger partial charge in [-0.15, -0.1) is 11.3 Å². The maximum absolute atomic E-state index is 11.0. The Bertz CT molecular complexity index is 621. The molecule has 1 aromatic heterocycles. The van der Waals surface area contributed by atoms with Crippen LogP contribution in [-0.4, -0.2) is 25.3 Å². The normalized spacial score (nSPS) is 10.2. The van der Waals surface area contributed by atoms with Gasteiger partial charge in [-0.2, -0.15) is 0 Å². The Labute approximate surface area is 114 Å². The standard InChI is InChI=1S/C13H13NO4S/c1-17-9-4-3-7(5-10(9)18-2)11-6-8(14)12(19-11)13(15)16/h3-6H,14H2,1-2H3,(H,15,16). The second-order valence-corrected chi connectivity index (χ2v) is 4.82. The quantitative estimate of drug-likeness (QED) is 0.899. The first-order chi connectivity index (χ1) is 9.06. The van der Waals surface area contributed by atoms with Crippen LogP contribution in [-0.2, 0) is 0 Å². The van der Waals surface area contributed by atoms with Gasteiger partial charge in [-0.3, -0.25) is 0 Å². The van der Waals surface area contributed by atoms with Crippen LogP contribution in [0.4, 0.5) is 5.69 Å². The molecule has 0 fully saturated rings. The van der Waals surface area contributed by atoms with Gasteiger partial charge in [0.25, 0.3) is 0 Å². The molecular weight excluding hydrogens is 266 g/mol. The van der Waals surface area contributed by atoms with Crippen LogP contribution in [0.3, 0.4) is 0 Å². The van der Waals surface area contributed by atoms with Gasteiger partial charge < -0.3 is 20.3 Å². The zero-order valence-corrected chi connectivity index (χ0v) is 11.3. The number of carbonyl (C=O) groups is 1. The summed E-state index contributed by atoms with van der Waals surface area (Å²) in [6.07, 6.45) is 0. The molecule has 6 heteroatoms. The molecule has 0 saturated carbocycles. The molecule has 2 aromatic rings. The van der Waals surface area contributed by atoms with Gasteiger partial charge in [0, 0.05) is 4.88 Å². The van der Waals surface area contributed by atoms with Crippen LogP contribution in [0.2, 0.25) is 0 Å². The Balaban J connectivity index is 2.47. The predicted molar refractivity (Wildman–Crippen MR) is 74.2 cm³/mol. The lowest BCUT2D eigenvalue weighted by molar-refractivity contribution is 0.0703. The highest BCUT2D eigenvalue weighted by Gasteiger charge is 2.15. The number of carboxylic acids is 1. The molecule has 1 heterocycles. The number of nitrogen functional groups attached to an aromatic ring is 1. The first-order valence-corrected chi connectivity index (χ1v) is 6.23. The summed E-state index contributed by atoms with van der Waals surface area (Å²) in [7, 11) is 3.11. The van der Waals surface area contributed by atoms with Gasteiger partial charge >= 0.3 is 5.97 Å². The number of nitrogens with two attached hydrogens (primary N) is 1. The number of rotatable bonds is 4. The molecule has 3 N–H and O–H groups in total. The summed E-state index contributed by atoms with van der Waals surface area (Å²) in [5.41, 5.74) is 6.78. The number of methoxy groups -OCH3 is 2. The van der Waals surface area contributed by atoms with E-state index in [1.807, 2.05) is 6.07 Å². The Morgan fingerprint density at radius 2 is 1.89 bits per heavy atom. The molecule has 1 aromatic carbocycles. The number of aromatic carboxylic acids is 1. The summed E-state index contributed by atoms with van der Waals surface area (Å²) in [4.78, 5) is 11.9. The van der Waals surface area contributed by atoms with Crippen LogP contribution >= 0.6 is 11.3 Å². The first-order valence-electron chi connectivity index (χ1n) is 5.41. The van der Waals surface area contributed by atoms with Crippen molar-refractivity contribution in [1.29, 1.82) is 0 Å². The third-order valence-electron chi connectivity index (χ3n) is 2.62. The third kappa shape index (κ3) is 2.48. The van der Waals surface area contributed by atoms with Crippen molar-refractivity contribution in [2.75, 3.05) is 20.0 Å². The Kier molecular flexibility index (Phi) is 3.62. The second kappa shape index (κ2) is 5.19. The minimum Gasteiger partial charge on any atom is -0.493 e. The SMILES string of the molecule is COc1ccc(-c2cc(N)c(C(=O)O)s2)cc1OC. The van der Waals surface area contributed by atoms with Crippen molar-refractivity contribution >= 4 is 23.0 Å². The van der Waals surface area contributed by atoms with Crippen molar-refractivity contribution in [3.63, 3.8) is 0 Å². The molecule has 0 unspecified atom stereocenters. The smallest absolute Gasteiger partial charge is 0.348 e. The zero-order chi connectivity index (χ0) is 14.0. The minimum atomic E-state index is -1.02. The number of hydrogen-bond donors (Lipinski definition) is 2. The van der Waals surface area contributed by atoms with E-state index in [2.05, 4.69) is 0 Å². The number of anilines is 1. The highest BCUT2D eigenvalue weighted by atomic mass is 32.1. The maximum Gasteiger partial charge on any atom is 0.348 e. The summed E-state index contributed by atoms with van der Waals surface area (Å²) in [5, 5.41) is 8.99. The number of benzene rings is 1.